The molecule has 0 atom stereocenters. The van der Waals surface area contributed by atoms with Crippen LogP contribution in [0.25, 0.3) is 0 Å². The summed E-state index contributed by atoms with van der Waals surface area (Å²) in [5.41, 5.74) is 5.98. The summed E-state index contributed by atoms with van der Waals surface area (Å²) in [5, 5.41) is 2.83. The van der Waals surface area contributed by atoms with Crippen LogP contribution in [0.2, 0.25) is 0 Å². The number of nitrogen functional groups attached to an aromatic ring is 1. The lowest BCUT2D eigenvalue weighted by Gasteiger charge is -2.04. The van der Waals surface area contributed by atoms with Crippen molar-refractivity contribution in [1.29, 1.82) is 0 Å². The van der Waals surface area contributed by atoms with Gasteiger partial charge in [-0.05, 0) is 18.6 Å². The molecule has 3 N–H and O–H groups in total. The summed E-state index contributed by atoms with van der Waals surface area (Å²) in [6, 6.07) is 3.30. The predicted octanol–water partition coefficient (Wildman–Crippen LogP) is 1.58. The molecule has 1 amide bonds. The summed E-state index contributed by atoms with van der Waals surface area (Å²) in [6.07, 6.45) is 4.80. The Hall–Kier alpha value is -1.58. The first kappa shape index (κ1) is 11.5. The lowest BCUT2D eigenvalue weighted by molar-refractivity contribution is 0.0952. The van der Waals surface area contributed by atoms with Gasteiger partial charge in [-0.1, -0.05) is 19.8 Å². The highest BCUT2D eigenvalue weighted by molar-refractivity contribution is 5.93. The largest absolute Gasteiger partial charge is 0.384 e. The van der Waals surface area contributed by atoms with E-state index < -0.39 is 0 Å². The zero-order chi connectivity index (χ0) is 11.1. The van der Waals surface area contributed by atoms with Crippen LogP contribution in [-0.2, 0) is 0 Å². The molecular formula is C11H17N3O. The maximum Gasteiger partial charge on any atom is 0.252 e. The summed E-state index contributed by atoms with van der Waals surface area (Å²) in [5.74, 6) is 0.344. The molecular weight excluding hydrogens is 190 g/mol. The Balaban J connectivity index is 2.37. The average Bonchev–Trinajstić information content (AvgIpc) is 2.25. The van der Waals surface area contributed by atoms with Crippen molar-refractivity contribution in [2.24, 2.45) is 0 Å². The molecule has 1 heterocycles. The molecule has 15 heavy (non-hydrogen) atoms. The van der Waals surface area contributed by atoms with Crippen molar-refractivity contribution >= 4 is 11.7 Å². The Kier molecular flexibility index (Phi) is 4.60. The molecule has 0 fully saturated rings. The molecule has 0 aromatic carbocycles. The summed E-state index contributed by atoms with van der Waals surface area (Å²) in [6.45, 7) is 2.85. The number of nitrogens with two attached hydrogens (primary N) is 1. The Bertz CT molecular complexity index is 308. The van der Waals surface area contributed by atoms with E-state index in [1.807, 2.05) is 0 Å². The first-order chi connectivity index (χ1) is 7.24. The number of carbonyl (C=O) groups is 1. The highest BCUT2D eigenvalue weighted by atomic mass is 16.1. The van der Waals surface area contributed by atoms with Crippen LogP contribution >= 0.6 is 0 Å². The van der Waals surface area contributed by atoms with Gasteiger partial charge in [-0.25, -0.2) is 4.98 Å². The van der Waals surface area contributed by atoms with Crippen LogP contribution in [0.3, 0.4) is 0 Å². The minimum Gasteiger partial charge on any atom is -0.384 e. The molecule has 4 nitrogen and oxygen atoms in total. The van der Waals surface area contributed by atoms with Crippen LogP contribution in [0.15, 0.2) is 18.3 Å². The van der Waals surface area contributed by atoms with Gasteiger partial charge < -0.3 is 11.1 Å². The quantitative estimate of drug-likeness (QED) is 0.720. The fourth-order valence-corrected chi connectivity index (χ4v) is 1.22. The summed E-state index contributed by atoms with van der Waals surface area (Å²) < 4.78 is 0. The molecule has 0 saturated carbocycles. The number of nitrogens with one attached hydrogen (secondary N) is 1. The van der Waals surface area contributed by atoms with Gasteiger partial charge in [0.15, 0.2) is 0 Å². The molecule has 0 aliphatic heterocycles. The SMILES string of the molecule is CCCCCNC(=O)c1ccc(N)nc1. The van der Waals surface area contributed by atoms with Crippen molar-refractivity contribution < 1.29 is 4.79 Å². The van der Waals surface area contributed by atoms with Crippen molar-refractivity contribution in [2.75, 3.05) is 12.3 Å². The Morgan fingerprint density at radius 2 is 2.27 bits per heavy atom. The molecule has 1 aromatic heterocycles. The van der Waals surface area contributed by atoms with E-state index in [0.717, 1.165) is 25.8 Å². The van der Waals surface area contributed by atoms with Crippen molar-refractivity contribution in [3.8, 4) is 0 Å². The number of nitrogens with zero attached hydrogens (tertiary/aromatic N) is 1. The summed E-state index contributed by atoms with van der Waals surface area (Å²) >= 11 is 0. The smallest absolute Gasteiger partial charge is 0.252 e. The fraction of sp³-hybridized carbons (Fsp3) is 0.455. The van der Waals surface area contributed by atoms with Gasteiger partial charge in [-0.2, -0.15) is 0 Å². The molecule has 0 unspecified atom stereocenters. The van der Waals surface area contributed by atoms with Gasteiger partial charge >= 0.3 is 0 Å². The van der Waals surface area contributed by atoms with Gasteiger partial charge in [0.25, 0.3) is 5.91 Å². The molecule has 1 aromatic rings. The zero-order valence-corrected chi connectivity index (χ0v) is 8.99. The fourth-order valence-electron chi connectivity index (χ4n) is 1.22. The number of anilines is 1. The van der Waals surface area contributed by atoms with Gasteiger partial charge in [-0.3, -0.25) is 4.79 Å². The second-order valence-corrected chi connectivity index (χ2v) is 3.43. The number of hydrogen-bond acceptors (Lipinski definition) is 3. The number of aromatic nitrogens is 1. The van der Waals surface area contributed by atoms with Crippen LogP contribution in [0, 0.1) is 0 Å². The lowest BCUT2D eigenvalue weighted by Crippen LogP contribution is -2.24. The summed E-state index contributed by atoms with van der Waals surface area (Å²) in [7, 11) is 0. The molecule has 0 spiro atoms. The van der Waals surface area contributed by atoms with Gasteiger partial charge in [0, 0.05) is 12.7 Å². The number of carbonyl (C=O) groups excluding carboxylic acids is 1. The maximum absolute atomic E-state index is 11.5. The molecule has 0 aliphatic carbocycles. The molecule has 1 rings (SSSR count). The third-order valence-corrected chi connectivity index (χ3v) is 2.11. The molecule has 0 bridgehead atoms. The van der Waals surface area contributed by atoms with Crippen molar-refractivity contribution in [2.45, 2.75) is 26.2 Å². The highest BCUT2D eigenvalue weighted by Gasteiger charge is 2.03. The van der Waals surface area contributed by atoms with E-state index in [0.29, 0.717) is 11.4 Å². The molecule has 4 heteroatoms. The van der Waals surface area contributed by atoms with E-state index in [4.69, 9.17) is 5.73 Å². The Morgan fingerprint density at radius 1 is 1.47 bits per heavy atom. The molecule has 0 aliphatic rings. The van der Waals surface area contributed by atoms with Crippen molar-refractivity contribution in [1.82, 2.24) is 10.3 Å². The number of unbranched alkanes of at least 4 members (excludes halogenated alkanes) is 2. The second-order valence-electron chi connectivity index (χ2n) is 3.43. The Morgan fingerprint density at radius 3 is 2.87 bits per heavy atom. The zero-order valence-electron chi connectivity index (χ0n) is 8.99. The van der Waals surface area contributed by atoms with Gasteiger partial charge in [0.05, 0.1) is 5.56 Å². The average molecular weight is 207 g/mol. The number of pyridine rings is 1. The van der Waals surface area contributed by atoms with Gasteiger partial charge in [0.2, 0.25) is 0 Å². The normalized spacial score (nSPS) is 9.93. The van der Waals surface area contributed by atoms with E-state index in [9.17, 15) is 4.79 Å². The topological polar surface area (TPSA) is 68.0 Å². The molecule has 0 saturated heterocycles. The molecule has 82 valence electrons. The lowest BCUT2D eigenvalue weighted by atomic mass is 10.2. The van der Waals surface area contributed by atoms with Crippen molar-refractivity contribution in [3.05, 3.63) is 23.9 Å². The van der Waals surface area contributed by atoms with Crippen molar-refractivity contribution in [3.63, 3.8) is 0 Å². The van der Waals surface area contributed by atoms with E-state index in [1.165, 1.54) is 6.20 Å². The van der Waals surface area contributed by atoms with Gasteiger partial charge in [0.1, 0.15) is 5.82 Å². The van der Waals surface area contributed by atoms with Crippen LogP contribution in [0.1, 0.15) is 36.5 Å². The van der Waals surface area contributed by atoms with E-state index >= 15 is 0 Å². The predicted molar refractivity (Wildman–Crippen MR) is 60.5 cm³/mol. The van der Waals surface area contributed by atoms with Crippen LogP contribution in [0.4, 0.5) is 5.82 Å². The highest BCUT2D eigenvalue weighted by Crippen LogP contribution is 2.01. The number of rotatable bonds is 5. The first-order valence-electron chi connectivity index (χ1n) is 5.23. The minimum atomic E-state index is -0.0846. The standard InChI is InChI=1S/C11H17N3O/c1-2-3-4-7-13-11(15)9-5-6-10(12)14-8-9/h5-6,8H,2-4,7H2,1H3,(H2,12,14)(H,13,15). The Labute approximate surface area is 89.9 Å². The summed E-state index contributed by atoms with van der Waals surface area (Å²) in [4.78, 5) is 15.4. The minimum absolute atomic E-state index is 0.0846. The number of hydrogen-bond donors (Lipinski definition) is 2. The number of amides is 1. The monoisotopic (exact) mass is 207 g/mol. The second kappa shape index (κ2) is 6.01. The van der Waals surface area contributed by atoms with E-state index in [2.05, 4.69) is 17.2 Å². The first-order valence-corrected chi connectivity index (χ1v) is 5.23. The third kappa shape index (κ3) is 3.97. The van der Waals surface area contributed by atoms with Crippen LogP contribution in [0.5, 0.6) is 0 Å². The molecule has 0 radical (unpaired) electrons. The third-order valence-electron chi connectivity index (χ3n) is 2.11. The van der Waals surface area contributed by atoms with Crippen LogP contribution < -0.4 is 11.1 Å². The van der Waals surface area contributed by atoms with E-state index in [-0.39, 0.29) is 5.91 Å². The van der Waals surface area contributed by atoms with Crippen LogP contribution in [-0.4, -0.2) is 17.4 Å². The van der Waals surface area contributed by atoms with E-state index in [1.54, 1.807) is 12.1 Å². The van der Waals surface area contributed by atoms with Gasteiger partial charge in [-0.15, -0.1) is 0 Å². The maximum atomic E-state index is 11.5.